The fourth-order valence-corrected chi connectivity index (χ4v) is 4.22. The average molecular weight is 574 g/mol. The predicted molar refractivity (Wildman–Crippen MR) is 137 cm³/mol. The first-order chi connectivity index (χ1) is 18.8. The first kappa shape index (κ1) is 27.7. The van der Waals surface area contributed by atoms with Crippen LogP contribution in [0.3, 0.4) is 0 Å². The standard InChI is InChI=1S/C22H16F2N8O7S/c1-11-8-12(6-7-19(11)40(37,38)39)25-21-28-20(24)29-22(30-21)27-15-5-3-2-4-14(15)26-16-9-13(23)17(31(33)34)10-18(16)32(35)36/h2-10,26H,1H3,(H,37,38,39)(H2,25,27,28,29,30). The molecule has 15 nitrogen and oxygen atoms in total. The molecule has 0 saturated heterocycles. The summed E-state index contributed by atoms with van der Waals surface area (Å²) in [5.74, 6) is -1.91. The van der Waals surface area contributed by atoms with Crippen molar-refractivity contribution in [2.24, 2.45) is 0 Å². The van der Waals surface area contributed by atoms with Crippen LogP contribution in [0.2, 0.25) is 0 Å². The van der Waals surface area contributed by atoms with Gasteiger partial charge < -0.3 is 16.0 Å². The SMILES string of the molecule is Cc1cc(Nc2nc(F)nc(Nc3ccccc3Nc3cc(F)c([N+](=O)[O-])cc3[N+](=O)[O-])n2)ccc1S(=O)(=O)O. The minimum Gasteiger partial charge on any atom is -0.348 e. The molecule has 0 unspecified atom stereocenters. The first-order valence-corrected chi connectivity index (χ1v) is 12.3. The zero-order valence-electron chi connectivity index (χ0n) is 20.0. The number of aromatic nitrogens is 3. The van der Waals surface area contributed by atoms with Crippen molar-refractivity contribution in [1.82, 2.24) is 15.0 Å². The van der Waals surface area contributed by atoms with E-state index in [1.807, 2.05) is 0 Å². The van der Waals surface area contributed by atoms with Gasteiger partial charge in [0.1, 0.15) is 5.69 Å². The van der Waals surface area contributed by atoms with Crippen molar-refractivity contribution >= 4 is 56.1 Å². The van der Waals surface area contributed by atoms with Gasteiger partial charge in [-0.3, -0.25) is 24.8 Å². The van der Waals surface area contributed by atoms with Crippen LogP contribution in [0.25, 0.3) is 0 Å². The molecule has 4 aromatic rings. The maximum absolute atomic E-state index is 14.2. The monoisotopic (exact) mass is 574 g/mol. The van der Waals surface area contributed by atoms with Crippen LogP contribution >= 0.6 is 0 Å². The lowest BCUT2D eigenvalue weighted by atomic mass is 10.2. The van der Waals surface area contributed by atoms with Crippen LogP contribution in [-0.4, -0.2) is 37.8 Å². The van der Waals surface area contributed by atoms with Crippen LogP contribution in [0.15, 0.2) is 59.5 Å². The summed E-state index contributed by atoms with van der Waals surface area (Å²) < 4.78 is 60.5. The zero-order valence-corrected chi connectivity index (χ0v) is 20.8. The summed E-state index contributed by atoms with van der Waals surface area (Å²) in [7, 11) is -4.45. The first-order valence-electron chi connectivity index (χ1n) is 10.8. The molecule has 0 aliphatic carbocycles. The number of hydrogen-bond acceptors (Lipinski definition) is 12. The highest BCUT2D eigenvalue weighted by Crippen LogP contribution is 2.36. The largest absolute Gasteiger partial charge is 0.348 e. The van der Waals surface area contributed by atoms with Crippen molar-refractivity contribution in [2.75, 3.05) is 16.0 Å². The lowest BCUT2D eigenvalue weighted by Gasteiger charge is -2.14. The molecule has 4 N–H and O–H groups in total. The maximum atomic E-state index is 14.2. The average Bonchev–Trinajstić information content (AvgIpc) is 2.84. The topological polar surface area (TPSA) is 215 Å². The van der Waals surface area contributed by atoms with E-state index in [9.17, 15) is 42.0 Å². The molecular weight excluding hydrogens is 558 g/mol. The lowest BCUT2D eigenvalue weighted by molar-refractivity contribution is -0.395. The Morgan fingerprint density at radius 2 is 1.40 bits per heavy atom. The van der Waals surface area contributed by atoms with Gasteiger partial charge in [-0.25, -0.2) is 0 Å². The van der Waals surface area contributed by atoms with Crippen LogP contribution in [0.1, 0.15) is 5.56 Å². The van der Waals surface area contributed by atoms with Gasteiger partial charge >= 0.3 is 11.8 Å². The number of nitrogens with one attached hydrogen (secondary N) is 3. The second-order valence-corrected chi connectivity index (χ2v) is 9.35. The van der Waals surface area contributed by atoms with Crippen LogP contribution < -0.4 is 16.0 Å². The molecule has 4 rings (SSSR count). The summed E-state index contributed by atoms with van der Waals surface area (Å²) in [5, 5.41) is 30.5. The smallest absolute Gasteiger partial charge is 0.315 e. The fourth-order valence-electron chi connectivity index (χ4n) is 3.52. The van der Waals surface area contributed by atoms with Crippen molar-refractivity contribution in [3.63, 3.8) is 0 Å². The Labute approximate surface area is 223 Å². The lowest BCUT2D eigenvalue weighted by Crippen LogP contribution is -2.08. The van der Waals surface area contributed by atoms with Crippen molar-refractivity contribution < 1.29 is 31.6 Å². The minimum atomic E-state index is -4.45. The molecule has 0 saturated carbocycles. The molecule has 0 atom stereocenters. The van der Waals surface area contributed by atoms with E-state index < -0.39 is 48.9 Å². The van der Waals surface area contributed by atoms with Gasteiger partial charge in [-0.2, -0.15) is 32.2 Å². The van der Waals surface area contributed by atoms with Gasteiger partial charge in [0.15, 0.2) is 0 Å². The van der Waals surface area contributed by atoms with Crippen molar-refractivity contribution in [3.8, 4) is 0 Å². The van der Waals surface area contributed by atoms with Crippen LogP contribution in [0.4, 0.5) is 54.8 Å². The molecule has 0 radical (unpaired) electrons. The second-order valence-electron chi connectivity index (χ2n) is 7.96. The molecule has 206 valence electrons. The van der Waals surface area contributed by atoms with Gasteiger partial charge in [-0.15, -0.1) is 0 Å². The molecule has 0 fully saturated rings. The van der Waals surface area contributed by atoms with Crippen molar-refractivity contribution in [1.29, 1.82) is 0 Å². The van der Waals surface area contributed by atoms with Gasteiger partial charge in [0.25, 0.3) is 15.8 Å². The number of benzene rings is 3. The molecule has 3 aromatic carbocycles. The quantitative estimate of drug-likeness (QED) is 0.121. The Hall–Kier alpha value is -5.36. The third-order valence-electron chi connectivity index (χ3n) is 5.22. The third-order valence-corrected chi connectivity index (χ3v) is 6.23. The number of nitro benzene ring substituents is 2. The van der Waals surface area contributed by atoms with Crippen LogP contribution in [0, 0.1) is 39.0 Å². The summed E-state index contributed by atoms with van der Waals surface area (Å²) >= 11 is 0. The van der Waals surface area contributed by atoms with Crippen LogP contribution in [0.5, 0.6) is 0 Å². The Morgan fingerprint density at radius 1 is 0.800 bits per heavy atom. The van der Waals surface area contributed by atoms with Gasteiger partial charge in [0.05, 0.1) is 32.2 Å². The second kappa shape index (κ2) is 10.8. The Morgan fingerprint density at radius 3 is 1.98 bits per heavy atom. The minimum absolute atomic E-state index is 0.116. The Balaban J connectivity index is 1.63. The summed E-state index contributed by atoms with van der Waals surface area (Å²) in [6.07, 6.45) is -1.20. The third kappa shape index (κ3) is 6.19. The molecule has 0 spiro atoms. The number of rotatable bonds is 9. The van der Waals surface area contributed by atoms with E-state index in [4.69, 9.17) is 0 Å². The normalized spacial score (nSPS) is 11.1. The van der Waals surface area contributed by atoms with Crippen molar-refractivity contribution in [2.45, 2.75) is 11.8 Å². The summed E-state index contributed by atoms with van der Waals surface area (Å²) in [5.41, 5.74) is -1.52. The molecule has 0 bridgehead atoms. The van der Waals surface area contributed by atoms with Gasteiger partial charge in [0, 0.05) is 11.8 Å². The number of anilines is 6. The molecule has 1 aromatic heterocycles. The fraction of sp³-hybridized carbons (Fsp3) is 0.0455. The van der Waals surface area contributed by atoms with E-state index in [0.717, 1.165) is 6.07 Å². The molecule has 40 heavy (non-hydrogen) atoms. The molecule has 1 heterocycles. The number of nitro groups is 2. The van der Waals surface area contributed by atoms with E-state index in [2.05, 4.69) is 30.9 Å². The number of halogens is 2. The number of nitrogens with zero attached hydrogens (tertiary/aromatic N) is 5. The van der Waals surface area contributed by atoms with E-state index >= 15 is 0 Å². The maximum Gasteiger partial charge on any atom is 0.315 e. The van der Waals surface area contributed by atoms with E-state index in [0.29, 0.717) is 12.1 Å². The van der Waals surface area contributed by atoms with E-state index in [1.165, 1.54) is 37.3 Å². The highest BCUT2D eigenvalue weighted by molar-refractivity contribution is 7.85. The van der Waals surface area contributed by atoms with E-state index in [1.54, 1.807) is 6.07 Å². The Kier molecular flexibility index (Phi) is 7.46. The van der Waals surface area contributed by atoms with Gasteiger partial charge in [0.2, 0.25) is 17.7 Å². The molecule has 0 aliphatic rings. The number of para-hydroxylation sites is 2. The van der Waals surface area contributed by atoms with E-state index in [-0.39, 0.29) is 39.4 Å². The number of hydrogen-bond donors (Lipinski definition) is 4. The molecule has 0 amide bonds. The highest BCUT2D eigenvalue weighted by Gasteiger charge is 2.25. The Bertz CT molecular complexity index is 1770. The molecule has 0 aliphatic heterocycles. The molecular formula is C22H16F2N8O7S. The molecule has 18 heteroatoms. The van der Waals surface area contributed by atoms with Gasteiger partial charge in [-0.05, 0) is 42.8 Å². The van der Waals surface area contributed by atoms with Crippen molar-refractivity contribution in [3.05, 3.63) is 92.3 Å². The van der Waals surface area contributed by atoms with Crippen LogP contribution in [-0.2, 0) is 10.1 Å². The highest BCUT2D eigenvalue weighted by atomic mass is 32.2. The predicted octanol–water partition coefficient (Wildman–Crippen LogP) is 4.75. The number of aryl methyl sites for hydroxylation is 1. The summed E-state index contributed by atoms with van der Waals surface area (Å²) in [6, 6.07) is 10.8. The zero-order chi connectivity index (χ0) is 29.2. The summed E-state index contributed by atoms with van der Waals surface area (Å²) in [6.45, 7) is 1.43. The van der Waals surface area contributed by atoms with Gasteiger partial charge in [-0.1, -0.05) is 12.1 Å². The summed E-state index contributed by atoms with van der Waals surface area (Å²) in [4.78, 5) is 31.3.